The van der Waals surface area contributed by atoms with E-state index in [0.29, 0.717) is 0 Å². The molecule has 0 spiro atoms. The molecule has 0 aliphatic carbocycles. The van der Waals surface area contributed by atoms with Gasteiger partial charge in [-0.05, 0) is 58.5 Å². The molecular formula is C15H10IN3. The summed E-state index contributed by atoms with van der Waals surface area (Å²) in [6, 6.07) is 10.00. The molecule has 0 saturated heterocycles. The second kappa shape index (κ2) is 5.44. The molecule has 3 heterocycles. The van der Waals surface area contributed by atoms with E-state index in [2.05, 4.69) is 43.6 Å². The molecular weight excluding hydrogens is 349 g/mol. The molecule has 0 unspecified atom stereocenters. The fraction of sp³-hybridized carbons (Fsp3) is 0. The topological polar surface area (TPSA) is 38.7 Å². The van der Waals surface area contributed by atoms with Crippen molar-refractivity contribution in [1.82, 2.24) is 15.0 Å². The van der Waals surface area contributed by atoms with Crippen molar-refractivity contribution >= 4 is 22.6 Å². The van der Waals surface area contributed by atoms with Crippen LogP contribution in [0.4, 0.5) is 0 Å². The van der Waals surface area contributed by atoms with E-state index in [0.717, 1.165) is 22.4 Å². The Kier molecular flexibility index (Phi) is 3.50. The first-order chi connectivity index (χ1) is 9.34. The maximum absolute atomic E-state index is 4.53. The fourth-order valence-electron chi connectivity index (χ4n) is 1.86. The lowest BCUT2D eigenvalue weighted by Gasteiger charge is -2.06. The molecule has 0 saturated carbocycles. The first-order valence-electron chi connectivity index (χ1n) is 5.81. The Labute approximate surface area is 124 Å². The number of hydrogen-bond acceptors (Lipinski definition) is 3. The number of halogens is 1. The SMILES string of the molecule is Ic1cc(-c2ccncc2)ncc1-c1ccncc1. The van der Waals surface area contributed by atoms with Gasteiger partial charge in [0.1, 0.15) is 0 Å². The molecule has 0 aliphatic heterocycles. The lowest BCUT2D eigenvalue weighted by atomic mass is 10.1. The quantitative estimate of drug-likeness (QED) is 0.654. The van der Waals surface area contributed by atoms with Crippen molar-refractivity contribution in [2.75, 3.05) is 0 Å². The first-order valence-corrected chi connectivity index (χ1v) is 6.89. The predicted octanol–water partition coefficient (Wildman–Crippen LogP) is 3.81. The minimum absolute atomic E-state index is 0.963. The maximum atomic E-state index is 4.53. The van der Waals surface area contributed by atoms with Gasteiger partial charge in [-0.15, -0.1) is 0 Å². The summed E-state index contributed by atoms with van der Waals surface area (Å²) in [5.41, 5.74) is 4.30. The monoisotopic (exact) mass is 359 g/mol. The van der Waals surface area contributed by atoms with Crippen LogP contribution in [0.3, 0.4) is 0 Å². The van der Waals surface area contributed by atoms with Crippen molar-refractivity contribution in [3.05, 3.63) is 64.9 Å². The summed E-state index contributed by atoms with van der Waals surface area (Å²) in [5.74, 6) is 0. The Morgan fingerprint density at radius 2 is 1.37 bits per heavy atom. The van der Waals surface area contributed by atoms with Crippen molar-refractivity contribution in [2.24, 2.45) is 0 Å². The van der Waals surface area contributed by atoms with Crippen LogP contribution in [0.25, 0.3) is 22.4 Å². The largest absolute Gasteiger partial charge is 0.265 e. The average Bonchev–Trinajstić information content (AvgIpc) is 2.49. The second-order valence-corrected chi connectivity index (χ2v) is 5.18. The Hall–Kier alpha value is -1.82. The first kappa shape index (κ1) is 12.2. The molecule has 0 aliphatic rings. The zero-order valence-electron chi connectivity index (χ0n) is 9.99. The van der Waals surface area contributed by atoms with Crippen LogP contribution in [0.5, 0.6) is 0 Å². The van der Waals surface area contributed by atoms with E-state index in [1.807, 2.05) is 30.5 Å². The van der Waals surface area contributed by atoms with Crippen molar-refractivity contribution in [2.45, 2.75) is 0 Å². The highest BCUT2D eigenvalue weighted by Gasteiger charge is 2.06. The van der Waals surface area contributed by atoms with E-state index in [9.17, 15) is 0 Å². The summed E-state index contributed by atoms with van der Waals surface area (Å²) in [6.45, 7) is 0. The average molecular weight is 359 g/mol. The Bertz CT molecular complexity index is 684. The molecule has 0 fully saturated rings. The predicted molar refractivity (Wildman–Crippen MR) is 83.4 cm³/mol. The third-order valence-electron chi connectivity index (χ3n) is 2.82. The molecule has 3 aromatic heterocycles. The van der Waals surface area contributed by atoms with E-state index >= 15 is 0 Å². The molecule has 3 rings (SSSR count). The summed E-state index contributed by atoms with van der Waals surface area (Å²) in [7, 11) is 0. The lowest BCUT2D eigenvalue weighted by molar-refractivity contribution is 1.27. The molecule has 0 bridgehead atoms. The maximum Gasteiger partial charge on any atom is 0.0714 e. The Balaban J connectivity index is 2.04. The van der Waals surface area contributed by atoms with Gasteiger partial charge < -0.3 is 0 Å². The minimum Gasteiger partial charge on any atom is -0.265 e. The van der Waals surface area contributed by atoms with Crippen molar-refractivity contribution in [3.63, 3.8) is 0 Å². The van der Waals surface area contributed by atoms with Crippen LogP contribution in [-0.4, -0.2) is 15.0 Å². The number of nitrogens with zero attached hydrogens (tertiary/aromatic N) is 3. The molecule has 0 aromatic carbocycles. The molecule has 3 aromatic rings. The number of aromatic nitrogens is 3. The number of pyridine rings is 3. The molecule has 0 radical (unpaired) electrons. The smallest absolute Gasteiger partial charge is 0.0714 e. The molecule has 4 heteroatoms. The molecule has 0 atom stereocenters. The van der Waals surface area contributed by atoms with Crippen LogP contribution in [0.1, 0.15) is 0 Å². The summed E-state index contributed by atoms with van der Waals surface area (Å²) in [5, 5.41) is 0. The van der Waals surface area contributed by atoms with E-state index < -0.39 is 0 Å². The Morgan fingerprint density at radius 1 is 0.789 bits per heavy atom. The van der Waals surface area contributed by atoms with Gasteiger partial charge in [0.25, 0.3) is 0 Å². The van der Waals surface area contributed by atoms with Gasteiger partial charge in [0.15, 0.2) is 0 Å². The zero-order chi connectivity index (χ0) is 13.1. The van der Waals surface area contributed by atoms with Crippen molar-refractivity contribution in [3.8, 4) is 22.4 Å². The third kappa shape index (κ3) is 2.63. The van der Waals surface area contributed by atoms with Gasteiger partial charge in [0.05, 0.1) is 5.69 Å². The molecule has 0 N–H and O–H groups in total. The van der Waals surface area contributed by atoms with Gasteiger partial charge in [-0.1, -0.05) is 0 Å². The van der Waals surface area contributed by atoms with Crippen LogP contribution in [0, 0.1) is 3.57 Å². The minimum atomic E-state index is 0.963. The highest BCUT2D eigenvalue weighted by atomic mass is 127. The Morgan fingerprint density at radius 3 is 1.95 bits per heavy atom. The van der Waals surface area contributed by atoms with Crippen molar-refractivity contribution < 1.29 is 0 Å². The van der Waals surface area contributed by atoms with Gasteiger partial charge >= 0.3 is 0 Å². The third-order valence-corrected chi connectivity index (χ3v) is 3.71. The number of hydrogen-bond donors (Lipinski definition) is 0. The van der Waals surface area contributed by atoms with Gasteiger partial charge in [-0.2, -0.15) is 0 Å². The van der Waals surface area contributed by atoms with Crippen LogP contribution in [0.15, 0.2) is 61.3 Å². The highest BCUT2D eigenvalue weighted by molar-refractivity contribution is 14.1. The van der Waals surface area contributed by atoms with E-state index in [1.54, 1.807) is 24.8 Å². The number of rotatable bonds is 2. The van der Waals surface area contributed by atoms with Gasteiger partial charge in [0, 0.05) is 45.7 Å². The molecule has 3 nitrogen and oxygen atoms in total. The van der Waals surface area contributed by atoms with Crippen molar-refractivity contribution in [1.29, 1.82) is 0 Å². The molecule has 19 heavy (non-hydrogen) atoms. The van der Waals surface area contributed by atoms with E-state index in [-0.39, 0.29) is 0 Å². The zero-order valence-corrected chi connectivity index (χ0v) is 12.2. The van der Waals surface area contributed by atoms with Crippen LogP contribution < -0.4 is 0 Å². The standard InChI is InChI=1S/C15H10IN3/c16-14-9-15(12-3-7-18-8-4-12)19-10-13(14)11-1-5-17-6-2-11/h1-10H. The normalized spacial score (nSPS) is 10.4. The summed E-state index contributed by atoms with van der Waals surface area (Å²) < 4.78 is 1.17. The van der Waals surface area contributed by atoms with Crippen LogP contribution >= 0.6 is 22.6 Å². The molecule has 0 amide bonds. The molecule has 92 valence electrons. The fourth-order valence-corrected chi connectivity index (χ4v) is 2.60. The highest BCUT2D eigenvalue weighted by Crippen LogP contribution is 2.27. The van der Waals surface area contributed by atoms with Gasteiger partial charge in [-0.3, -0.25) is 15.0 Å². The lowest BCUT2D eigenvalue weighted by Crippen LogP contribution is -1.89. The van der Waals surface area contributed by atoms with Gasteiger partial charge in [0.2, 0.25) is 0 Å². The summed E-state index contributed by atoms with van der Waals surface area (Å²) >= 11 is 2.34. The van der Waals surface area contributed by atoms with Crippen LogP contribution in [0.2, 0.25) is 0 Å². The van der Waals surface area contributed by atoms with E-state index in [4.69, 9.17) is 0 Å². The van der Waals surface area contributed by atoms with Gasteiger partial charge in [-0.25, -0.2) is 0 Å². The second-order valence-electron chi connectivity index (χ2n) is 4.02. The summed E-state index contributed by atoms with van der Waals surface area (Å²) in [6.07, 6.45) is 9.05. The summed E-state index contributed by atoms with van der Waals surface area (Å²) in [4.78, 5) is 12.6. The van der Waals surface area contributed by atoms with E-state index in [1.165, 1.54) is 3.57 Å². The van der Waals surface area contributed by atoms with Crippen LogP contribution in [-0.2, 0) is 0 Å².